The summed E-state index contributed by atoms with van der Waals surface area (Å²) in [5.41, 5.74) is 2.88. The lowest BCUT2D eigenvalue weighted by Gasteiger charge is -2.40. The molecule has 0 aliphatic carbocycles. The third kappa shape index (κ3) is 5.64. The molecule has 1 aliphatic heterocycles. The van der Waals surface area contributed by atoms with Gasteiger partial charge in [0.1, 0.15) is 5.82 Å². The van der Waals surface area contributed by atoms with Crippen molar-refractivity contribution < 1.29 is 14.0 Å². The molecule has 1 saturated heterocycles. The molecular weight excluding hydrogens is 431 g/mol. The fourth-order valence-electron chi connectivity index (χ4n) is 4.00. The Bertz CT molecular complexity index is 1010. The first kappa shape index (κ1) is 24.1. The molecule has 1 aromatic carbocycles. The molecule has 0 spiro atoms. The number of amides is 2. The van der Waals surface area contributed by atoms with E-state index in [0.29, 0.717) is 30.2 Å². The van der Waals surface area contributed by atoms with Gasteiger partial charge in [-0.15, -0.1) is 0 Å². The minimum Gasteiger partial charge on any atom is -0.337 e. The zero-order chi connectivity index (χ0) is 23.4. The maximum Gasteiger partial charge on any atom is 0.257 e. The summed E-state index contributed by atoms with van der Waals surface area (Å²) >= 11 is 6.35. The SMILES string of the molecule is CCCC(=O)N1CCN(Cc2cc(Cl)cc(NC(=O)c3cnc(C)c(F)c3)c2C)CC1C. The highest BCUT2D eigenvalue weighted by atomic mass is 35.5. The molecule has 1 N–H and O–H groups in total. The Hall–Kier alpha value is -2.51. The molecule has 0 bridgehead atoms. The minimum absolute atomic E-state index is 0.144. The second-order valence-corrected chi connectivity index (χ2v) is 8.84. The second-order valence-electron chi connectivity index (χ2n) is 8.40. The van der Waals surface area contributed by atoms with Gasteiger partial charge in [0, 0.05) is 55.5 Å². The fourth-order valence-corrected chi connectivity index (χ4v) is 4.24. The summed E-state index contributed by atoms with van der Waals surface area (Å²) in [5, 5.41) is 3.35. The number of benzene rings is 1. The van der Waals surface area contributed by atoms with Crippen molar-refractivity contribution in [3.8, 4) is 0 Å². The zero-order valence-electron chi connectivity index (χ0n) is 19.0. The molecule has 2 amide bonds. The van der Waals surface area contributed by atoms with Crippen LogP contribution in [0.2, 0.25) is 5.02 Å². The molecule has 1 aromatic heterocycles. The number of carbonyl (C=O) groups is 2. The zero-order valence-corrected chi connectivity index (χ0v) is 19.8. The van der Waals surface area contributed by atoms with Gasteiger partial charge in [0.2, 0.25) is 5.91 Å². The molecule has 1 fully saturated rings. The van der Waals surface area contributed by atoms with E-state index in [1.807, 2.05) is 24.8 Å². The van der Waals surface area contributed by atoms with E-state index < -0.39 is 11.7 Å². The van der Waals surface area contributed by atoms with Gasteiger partial charge in [-0.3, -0.25) is 19.5 Å². The van der Waals surface area contributed by atoms with E-state index >= 15 is 0 Å². The van der Waals surface area contributed by atoms with Crippen molar-refractivity contribution >= 4 is 29.1 Å². The summed E-state index contributed by atoms with van der Waals surface area (Å²) < 4.78 is 13.8. The third-order valence-corrected chi connectivity index (χ3v) is 6.12. The molecule has 172 valence electrons. The monoisotopic (exact) mass is 460 g/mol. The summed E-state index contributed by atoms with van der Waals surface area (Å²) in [6, 6.07) is 4.92. The van der Waals surface area contributed by atoms with E-state index in [1.165, 1.54) is 12.3 Å². The smallest absolute Gasteiger partial charge is 0.257 e. The molecule has 3 rings (SSSR count). The van der Waals surface area contributed by atoms with Crippen LogP contribution in [0.25, 0.3) is 0 Å². The van der Waals surface area contributed by atoms with Gasteiger partial charge >= 0.3 is 0 Å². The standard InChI is InChI=1S/C24H30ClFN4O2/c1-5-6-23(31)30-8-7-29(13-15(30)2)14-19-9-20(25)11-22(16(19)3)28-24(32)18-10-21(26)17(4)27-12-18/h9-12,15H,5-8,13-14H2,1-4H3,(H,28,32). The van der Waals surface area contributed by atoms with Crippen molar-refractivity contribution in [3.05, 3.63) is 57.6 Å². The van der Waals surface area contributed by atoms with Gasteiger partial charge in [0.25, 0.3) is 5.91 Å². The number of hydrogen-bond donors (Lipinski definition) is 1. The molecule has 0 radical (unpaired) electrons. The van der Waals surface area contributed by atoms with Crippen LogP contribution in [0.4, 0.5) is 10.1 Å². The van der Waals surface area contributed by atoms with E-state index in [4.69, 9.17) is 11.6 Å². The Morgan fingerprint density at radius 2 is 2.00 bits per heavy atom. The van der Waals surface area contributed by atoms with E-state index in [2.05, 4.69) is 22.1 Å². The number of hydrogen-bond acceptors (Lipinski definition) is 4. The minimum atomic E-state index is -0.521. The van der Waals surface area contributed by atoms with E-state index in [-0.39, 0.29) is 23.2 Å². The first-order valence-corrected chi connectivity index (χ1v) is 11.3. The number of aromatic nitrogens is 1. The van der Waals surface area contributed by atoms with Crippen LogP contribution < -0.4 is 5.32 Å². The highest BCUT2D eigenvalue weighted by Crippen LogP contribution is 2.27. The van der Waals surface area contributed by atoms with Crippen molar-refractivity contribution in [2.75, 3.05) is 25.0 Å². The maximum atomic E-state index is 13.8. The summed E-state index contributed by atoms with van der Waals surface area (Å²) in [6.45, 7) is 10.5. The Morgan fingerprint density at radius 3 is 2.66 bits per heavy atom. The summed E-state index contributed by atoms with van der Waals surface area (Å²) in [6.07, 6.45) is 2.80. The molecule has 6 nitrogen and oxygen atoms in total. The maximum absolute atomic E-state index is 13.8. The highest BCUT2D eigenvalue weighted by molar-refractivity contribution is 6.31. The van der Waals surface area contributed by atoms with Crippen LogP contribution in [0.15, 0.2) is 24.4 Å². The molecule has 2 heterocycles. The van der Waals surface area contributed by atoms with Gasteiger partial charge in [-0.05, 0) is 56.5 Å². The predicted octanol–water partition coefficient (Wildman–Crippen LogP) is 4.58. The first-order valence-electron chi connectivity index (χ1n) is 10.9. The lowest BCUT2D eigenvalue weighted by molar-refractivity contribution is -0.135. The van der Waals surface area contributed by atoms with Crippen LogP contribution in [-0.4, -0.2) is 52.3 Å². The number of nitrogens with one attached hydrogen (secondary N) is 1. The Morgan fingerprint density at radius 1 is 1.25 bits per heavy atom. The van der Waals surface area contributed by atoms with Crippen molar-refractivity contribution in [2.24, 2.45) is 0 Å². The lowest BCUT2D eigenvalue weighted by Crippen LogP contribution is -2.53. The number of piperazine rings is 1. The summed E-state index contributed by atoms with van der Waals surface area (Å²) in [5.74, 6) is -0.748. The molecule has 2 aromatic rings. The average molecular weight is 461 g/mol. The molecular formula is C24H30ClFN4O2. The Labute approximate surface area is 193 Å². The third-order valence-electron chi connectivity index (χ3n) is 5.91. The van der Waals surface area contributed by atoms with Gasteiger partial charge in [0.05, 0.1) is 11.3 Å². The second kappa shape index (κ2) is 10.4. The molecule has 32 heavy (non-hydrogen) atoms. The van der Waals surface area contributed by atoms with Crippen molar-refractivity contribution in [2.45, 2.75) is 53.1 Å². The largest absolute Gasteiger partial charge is 0.337 e. The molecule has 0 saturated carbocycles. The van der Waals surface area contributed by atoms with Crippen LogP contribution in [-0.2, 0) is 11.3 Å². The van der Waals surface area contributed by atoms with Crippen LogP contribution in [0, 0.1) is 19.7 Å². The van der Waals surface area contributed by atoms with Gasteiger partial charge in [-0.1, -0.05) is 18.5 Å². The van der Waals surface area contributed by atoms with Crippen molar-refractivity contribution in [1.82, 2.24) is 14.8 Å². The predicted molar refractivity (Wildman–Crippen MR) is 124 cm³/mol. The van der Waals surface area contributed by atoms with E-state index in [0.717, 1.165) is 30.6 Å². The highest BCUT2D eigenvalue weighted by Gasteiger charge is 2.27. The molecule has 8 heteroatoms. The van der Waals surface area contributed by atoms with Gasteiger partial charge < -0.3 is 10.2 Å². The topological polar surface area (TPSA) is 65.5 Å². The number of halogens is 2. The normalized spacial score (nSPS) is 16.8. The Balaban J connectivity index is 1.72. The van der Waals surface area contributed by atoms with E-state index in [1.54, 1.807) is 13.0 Å². The average Bonchev–Trinajstić information content (AvgIpc) is 2.73. The number of rotatable bonds is 6. The number of nitrogens with zero attached hydrogens (tertiary/aromatic N) is 3. The number of carbonyl (C=O) groups excluding carboxylic acids is 2. The van der Waals surface area contributed by atoms with Crippen LogP contribution in [0.5, 0.6) is 0 Å². The van der Waals surface area contributed by atoms with Gasteiger partial charge in [0.15, 0.2) is 0 Å². The van der Waals surface area contributed by atoms with Gasteiger partial charge in [-0.2, -0.15) is 0 Å². The molecule has 1 atom stereocenters. The summed E-state index contributed by atoms with van der Waals surface area (Å²) in [4.78, 5) is 33.1. The summed E-state index contributed by atoms with van der Waals surface area (Å²) in [7, 11) is 0. The van der Waals surface area contributed by atoms with Crippen LogP contribution in [0.3, 0.4) is 0 Å². The quantitative estimate of drug-likeness (QED) is 0.685. The number of aryl methyl sites for hydroxylation is 1. The number of anilines is 1. The fraction of sp³-hybridized carbons (Fsp3) is 0.458. The first-order chi connectivity index (χ1) is 15.2. The number of pyridine rings is 1. The lowest BCUT2D eigenvalue weighted by atomic mass is 10.0. The molecule has 1 unspecified atom stereocenters. The van der Waals surface area contributed by atoms with Gasteiger partial charge in [-0.25, -0.2) is 4.39 Å². The molecule has 1 aliphatic rings. The van der Waals surface area contributed by atoms with Crippen molar-refractivity contribution in [1.29, 1.82) is 0 Å². The van der Waals surface area contributed by atoms with E-state index in [9.17, 15) is 14.0 Å². The van der Waals surface area contributed by atoms with Crippen LogP contribution in [0.1, 0.15) is 53.9 Å². The van der Waals surface area contributed by atoms with Crippen LogP contribution >= 0.6 is 11.6 Å². The van der Waals surface area contributed by atoms with Crippen molar-refractivity contribution in [3.63, 3.8) is 0 Å². The Kier molecular flexibility index (Phi) is 7.85.